The molecule has 12 nitrogen and oxygen atoms in total. The molecule has 0 saturated carbocycles. The Morgan fingerprint density at radius 2 is 1.86 bits per heavy atom. The molecule has 0 aliphatic carbocycles. The summed E-state index contributed by atoms with van der Waals surface area (Å²) >= 11 is 0. The third-order valence-electron chi connectivity index (χ3n) is 7.76. The summed E-state index contributed by atoms with van der Waals surface area (Å²) in [5.74, 6) is -5.58. The number of hydrogen-bond donors (Lipinski definition) is 1. The topological polar surface area (TPSA) is 150 Å². The molecule has 0 bridgehead atoms. The lowest BCUT2D eigenvalue weighted by atomic mass is 9.88. The zero-order valence-corrected chi connectivity index (χ0v) is 26.6. The van der Waals surface area contributed by atoms with E-state index in [1.54, 1.807) is 37.3 Å². The summed E-state index contributed by atoms with van der Waals surface area (Å²) in [6.45, 7) is 8.85. The number of imidazole rings is 1. The first-order chi connectivity index (χ1) is 20.8. The highest BCUT2D eigenvalue weighted by molar-refractivity contribution is 7.54. The van der Waals surface area contributed by atoms with Crippen LogP contribution in [-0.2, 0) is 23.4 Å². The van der Waals surface area contributed by atoms with Crippen LogP contribution < -0.4 is 15.0 Å². The van der Waals surface area contributed by atoms with Crippen molar-refractivity contribution in [1.29, 1.82) is 0 Å². The average Bonchev–Trinajstić information content (AvgIpc) is 3.47. The molecule has 1 aliphatic heterocycles. The maximum absolute atomic E-state index is 16.6. The van der Waals surface area contributed by atoms with Crippen molar-refractivity contribution in [2.24, 2.45) is 11.8 Å². The summed E-state index contributed by atoms with van der Waals surface area (Å²) in [5, 5.41) is 0. The van der Waals surface area contributed by atoms with E-state index in [9.17, 15) is 9.36 Å². The number of carbonyl (C=O) groups excluding carboxylic acids is 1. The first-order valence-corrected chi connectivity index (χ1v) is 16.4. The van der Waals surface area contributed by atoms with Gasteiger partial charge in [-0.2, -0.15) is 9.97 Å². The number of carbonyl (C=O) groups is 1. The van der Waals surface area contributed by atoms with E-state index in [2.05, 4.69) is 15.0 Å². The number of esters is 1. The highest BCUT2D eigenvalue weighted by Crippen LogP contribution is 2.56. The summed E-state index contributed by atoms with van der Waals surface area (Å²) in [7, 11) is -4.23. The van der Waals surface area contributed by atoms with Crippen molar-refractivity contribution in [2.75, 3.05) is 25.1 Å². The van der Waals surface area contributed by atoms with Crippen molar-refractivity contribution in [2.45, 2.75) is 78.2 Å². The fourth-order valence-electron chi connectivity index (χ4n) is 4.93. The number of aromatic nitrogens is 4. The number of alkyl halides is 2. The first-order valence-electron chi connectivity index (χ1n) is 14.6. The van der Waals surface area contributed by atoms with Crippen LogP contribution in [0.4, 0.5) is 14.7 Å². The van der Waals surface area contributed by atoms with Gasteiger partial charge < -0.3 is 24.5 Å². The summed E-state index contributed by atoms with van der Waals surface area (Å²) < 4.78 is 76.3. The third kappa shape index (κ3) is 6.97. The third-order valence-corrected chi connectivity index (χ3v) is 9.77. The molecule has 0 radical (unpaired) electrons. The van der Waals surface area contributed by atoms with Crippen molar-refractivity contribution >= 4 is 30.7 Å². The molecule has 0 amide bonds. The molecule has 6 atom stereocenters. The molecule has 44 heavy (non-hydrogen) atoms. The van der Waals surface area contributed by atoms with Gasteiger partial charge in [0.15, 0.2) is 23.1 Å². The van der Waals surface area contributed by atoms with Crippen LogP contribution in [0, 0.1) is 11.8 Å². The Hall–Kier alpha value is -3.35. The number of para-hydroxylation sites is 1. The lowest BCUT2D eigenvalue weighted by Crippen LogP contribution is -2.40. The lowest BCUT2D eigenvalue weighted by molar-refractivity contribution is -0.188. The smallest absolute Gasteiger partial charge is 0.380 e. The molecular formula is C29H40F2N5O7P. The molecular weight excluding hydrogens is 599 g/mol. The van der Waals surface area contributed by atoms with Gasteiger partial charge in [0.2, 0.25) is 17.7 Å². The van der Waals surface area contributed by atoms with Gasteiger partial charge in [-0.25, -0.2) is 18.3 Å². The minimum atomic E-state index is -4.23. The van der Waals surface area contributed by atoms with Crippen LogP contribution in [0.3, 0.4) is 0 Å². The second-order valence-corrected chi connectivity index (χ2v) is 13.0. The Morgan fingerprint density at radius 1 is 1.18 bits per heavy atom. The molecule has 2 N–H and O–H groups in total. The molecule has 1 unspecified atom stereocenters. The van der Waals surface area contributed by atoms with Crippen LogP contribution in [0.25, 0.3) is 11.2 Å². The van der Waals surface area contributed by atoms with E-state index in [1.165, 1.54) is 31.7 Å². The molecule has 4 rings (SSSR count). The molecule has 0 spiro atoms. The molecule has 1 saturated heterocycles. The first kappa shape index (κ1) is 33.5. The highest BCUT2D eigenvalue weighted by atomic mass is 31.2. The minimum Gasteiger partial charge on any atom is -0.476 e. The van der Waals surface area contributed by atoms with Crippen molar-refractivity contribution in [3.05, 3.63) is 36.7 Å². The second-order valence-electron chi connectivity index (χ2n) is 11.0. The van der Waals surface area contributed by atoms with E-state index in [4.69, 9.17) is 29.0 Å². The van der Waals surface area contributed by atoms with Crippen LogP contribution in [0.15, 0.2) is 36.7 Å². The van der Waals surface area contributed by atoms with Crippen molar-refractivity contribution in [3.63, 3.8) is 0 Å². The van der Waals surface area contributed by atoms with Gasteiger partial charge in [-0.05, 0) is 38.8 Å². The zero-order chi connectivity index (χ0) is 32.3. The standard InChI is InChI=1S/C29H40F2N5O7P/c1-7-20(8-2)41-25(37)18(4)15-44(38,43-21-13-11-10-12-14-21)40-16-29(31)19(5)28(6,30)26(42-29)36-17-33-22-23(36)34-27(32)35-24(22)39-9-3/h10-14,17-20,26H,7-9,15-16H2,1-6H3,(H2,32,34,35)/t18-,19+,26-,28-,29-,44?/m1/s1. The number of rotatable bonds is 14. The number of nitrogens with zero attached hydrogens (tertiary/aromatic N) is 4. The van der Waals surface area contributed by atoms with Gasteiger partial charge in [-0.1, -0.05) is 45.9 Å². The molecule has 242 valence electrons. The molecule has 3 heterocycles. The van der Waals surface area contributed by atoms with E-state index in [-0.39, 0.29) is 41.5 Å². The Kier molecular flexibility index (Phi) is 10.2. The molecule has 15 heteroatoms. The van der Waals surface area contributed by atoms with Gasteiger partial charge in [0.1, 0.15) is 18.5 Å². The van der Waals surface area contributed by atoms with E-state index in [0.717, 1.165) is 0 Å². The monoisotopic (exact) mass is 639 g/mol. The van der Waals surface area contributed by atoms with Crippen LogP contribution in [-0.4, -0.2) is 62.5 Å². The number of fused-ring (bicyclic) bond motifs is 1. The fourth-order valence-corrected chi connectivity index (χ4v) is 6.80. The minimum absolute atomic E-state index is 0.0788. The van der Waals surface area contributed by atoms with Crippen molar-refractivity contribution in [3.8, 4) is 11.6 Å². The number of nitrogens with two attached hydrogens (primary N) is 1. The Labute approximate surface area is 255 Å². The number of hydrogen-bond acceptors (Lipinski definition) is 11. The molecule has 1 fully saturated rings. The summed E-state index contributed by atoms with van der Waals surface area (Å²) in [4.78, 5) is 25.2. The van der Waals surface area contributed by atoms with Crippen LogP contribution >= 0.6 is 7.60 Å². The lowest BCUT2D eigenvalue weighted by Gasteiger charge is -2.29. The van der Waals surface area contributed by atoms with Crippen LogP contribution in [0.2, 0.25) is 0 Å². The number of anilines is 1. The van der Waals surface area contributed by atoms with E-state index in [0.29, 0.717) is 12.8 Å². The van der Waals surface area contributed by atoms with Gasteiger partial charge in [0, 0.05) is 0 Å². The maximum atomic E-state index is 16.6. The number of nitrogen functional groups attached to an aromatic ring is 1. The fraction of sp³-hybridized carbons (Fsp3) is 0.586. The van der Waals surface area contributed by atoms with Gasteiger partial charge in [0.05, 0.1) is 30.9 Å². The summed E-state index contributed by atoms with van der Waals surface area (Å²) in [5.41, 5.74) is 3.79. The Morgan fingerprint density at radius 3 is 2.50 bits per heavy atom. The Balaban J connectivity index is 1.60. The molecule has 2 aromatic heterocycles. The largest absolute Gasteiger partial charge is 0.476 e. The normalized spacial score (nSPS) is 25.6. The van der Waals surface area contributed by atoms with E-state index < -0.39 is 55.9 Å². The van der Waals surface area contributed by atoms with E-state index >= 15 is 8.78 Å². The summed E-state index contributed by atoms with van der Waals surface area (Å²) in [6, 6.07) is 8.14. The van der Waals surface area contributed by atoms with Gasteiger partial charge in [0.25, 0.3) is 0 Å². The highest BCUT2D eigenvalue weighted by Gasteiger charge is 2.63. The maximum Gasteiger partial charge on any atom is 0.380 e. The molecule has 3 aromatic rings. The molecule has 1 aliphatic rings. The van der Waals surface area contributed by atoms with Gasteiger partial charge in [-0.15, -0.1) is 0 Å². The van der Waals surface area contributed by atoms with Crippen molar-refractivity contribution in [1.82, 2.24) is 19.5 Å². The second kappa shape index (κ2) is 13.3. The zero-order valence-electron chi connectivity index (χ0n) is 25.7. The van der Waals surface area contributed by atoms with E-state index in [1.807, 2.05) is 13.8 Å². The van der Waals surface area contributed by atoms with Crippen LogP contribution in [0.5, 0.6) is 11.6 Å². The molecule has 1 aromatic carbocycles. The number of benzene rings is 1. The SMILES string of the molecule is CCOc1nc(N)nc2c1ncn2[C@@H]1O[C@](F)(COP(=O)(C[C@@H](C)C(=O)OC(CC)CC)Oc2ccccc2)[C@@H](C)[C@@]1(C)F. The van der Waals surface area contributed by atoms with Gasteiger partial charge >= 0.3 is 13.6 Å². The summed E-state index contributed by atoms with van der Waals surface area (Å²) in [6.07, 6.45) is 0.187. The van der Waals surface area contributed by atoms with Gasteiger partial charge in [-0.3, -0.25) is 13.9 Å². The van der Waals surface area contributed by atoms with Crippen LogP contribution in [0.1, 0.15) is 60.6 Å². The number of ether oxygens (including phenoxy) is 3. The number of halogens is 2. The predicted molar refractivity (Wildman–Crippen MR) is 159 cm³/mol. The predicted octanol–water partition coefficient (Wildman–Crippen LogP) is 6.02. The average molecular weight is 640 g/mol. The van der Waals surface area contributed by atoms with Crippen molar-refractivity contribution < 1.29 is 41.4 Å². The quantitative estimate of drug-likeness (QED) is 0.163. The Bertz CT molecular complexity index is 1490.